The molecule has 0 spiro atoms. The number of imidazole rings is 1. The van der Waals surface area contributed by atoms with E-state index in [0.29, 0.717) is 40.3 Å². The van der Waals surface area contributed by atoms with E-state index in [2.05, 4.69) is 54.7 Å². The Morgan fingerprint density at radius 3 is 2.48 bits per heavy atom. The van der Waals surface area contributed by atoms with E-state index in [9.17, 15) is 10.1 Å². The quantitative estimate of drug-likeness (QED) is 0.0919. The fraction of sp³-hybridized carbons (Fsp3) is 0.294. The molecule has 0 aliphatic carbocycles. The van der Waals surface area contributed by atoms with Gasteiger partial charge in [-0.1, -0.05) is 86.8 Å². The van der Waals surface area contributed by atoms with Crippen LogP contribution in [-0.2, 0) is 17.8 Å². The Hall–Kier alpha value is -3.74. The smallest absolute Gasteiger partial charge is 0.252 e. The lowest BCUT2D eigenvalue weighted by Crippen LogP contribution is -2.51. The molecule has 3 aromatic carbocycles. The molecule has 0 radical (unpaired) electrons. The van der Waals surface area contributed by atoms with Crippen molar-refractivity contribution in [2.45, 2.75) is 58.4 Å². The number of rotatable bonds is 12. The summed E-state index contributed by atoms with van der Waals surface area (Å²) in [5.74, 6) is -0.558. The number of anilines is 1. The highest BCUT2D eigenvalue weighted by Crippen LogP contribution is 2.32. The first-order valence-electron chi connectivity index (χ1n) is 14.6. The van der Waals surface area contributed by atoms with E-state index in [1.54, 1.807) is 30.7 Å². The number of halogens is 2. The highest BCUT2D eigenvalue weighted by atomic mass is 35.5. The molecular formula is C34H36Cl2N6OS. The van der Waals surface area contributed by atoms with E-state index in [4.69, 9.17) is 35.4 Å². The van der Waals surface area contributed by atoms with Gasteiger partial charge >= 0.3 is 0 Å². The lowest BCUT2D eigenvalue weighted by Gasteiger charge is -2.29. The molecule has 0 saturated heterocycles. The summed E-state index contributed by atoms with van der Waals surface area (Å²) in [4.78, 5) is 19.0. The number of benzene rings is 3. The van der Waals surface area contributed by atoms with Crippen LogP contribution in [0.25, 0.3) is 0 Å². The van der Waals surface area contributed by atoms with Gasteiger partial charge in [0, 0.05) is 25.0 Å². The van der Waals surface area contributed by atoms with E-state index >= 15 is 0 Å². The normalized spacial score (nSPS) is 11.7. The Kier molecular flexibility index (Phi) is 11.9. The van der Waals surface area contributed by atoms with Crippen molar-refractivity contribution >= 4 is 52.1 Å². The van der Waals surface area contributed by atoms with Crippen molar-refractivity contribution in [2.75, 3.05) is 11.9 Å². The maximum Gasteiger partial charge on any atom is 0.252 e. The molecule has 2 N–H and O–H groups in total. The maximum absolute atomic E-state index is 14.6. The second kappa shape index (κ2) is 15.8. The second-order valence-corrected chi connectivity index (χ2v) is 12.0. The molecule has 4 rings (SSSR count). The summed E-state index contributed by atoms with van der Waals surface area (Å²) in [5, 5.41) is 14.9. The van der Waals surface area contributed by atoms with Gasteiger partial charge in [0.25, 0.3) is 5.91 Å². The Bertz CT molecular complexity index is 1610. The van der Waals surface area contributed by atoms with Gasteiger partial charge in [-0.3, -0.25) is 4.79 Å². The molecule has 0 aliphatic heterocycles. The fourth-order valence-electron chi connectivity index (χ4n) is 4.78. The third-order valence-electron chi connectivity index (χ3n) is 7.34. The number of amides is 1. The van der Waals surface area contributed by atoms with E-state index in [0.717, 1.165) is 29.7 Å². The zero-order chi connectivity index (χ0) is 31.6. The predicted octanol–water partition coefficient (Wildman–Crippen LogP) is 8.09. The summed E-state index contributed by atoms with van der Waals surface area (Å²) in [6.45, 7) is 7.40. The molecule has 44 heavy (non-hydrogen) atoms. The maximum atomic E-state index is 14.6. The summed E-state index contributed by atoms with van der Waals surface area (Å²) in [7, 11) is 0. The summed E-state index contributed by atoms with van der Waals surface area (Å²) in [6.07, 6.45) is 5.49. The van der Waals surface area contributed by atoms with Crippen molar-refractivity contribution in [1.82, 2.24) is 20.0 Å². The van der Waals surface area contributed by atoms with E-state index in [1.165, 1.54) is 10.6 Å². The molecule has 0 aliphatic rings. The molecule has 10 heteroatoms. The molecule has 228 valence electrons. The average molecular weight is 648 g/mol. The number of carbonyl (C=O) groups excluding carboxylic acids is 1. The van der Waals surface area contributed by atoms with Crippen molar-refractivity contribution in [2.24, 2.45) is 0 Å². The van der Waals surface area contributed by atoms with Crippen LogP contribution in [0.5, 0.6) is 0 Å². The molecule has 1 aromatic heterocycles. The molecule has 1 heterocycles. The number of nitrogens with one attached hydrogen (secondary N) is 2. The van der Waals surface area contributed by atoms with E-state index in [1.807, 2.05) is 41.0 Å². The van der Waals surface area contributed by atoms with Crippen LogP contribution < -0.4 is 10.7 Å². The number of aromatic nitrogens is 2. The summed E-state index contributed by atoms with van der Waals surface area (Å²) < 4.78 is 1.94. The van der Waals surface area contributed by atoms with Crippen LogP contribution in [-0.4, -0.2) is 32.1 Å². The number of hydrazine groups is 1. The van der Waals surface area contributed by atoms with Crippen LogP contribution in [0.15, 0.2) is 79.3 Å². The molecular weight excluding hydrogens is 611 g/mol. The van der Waals surface area contributed by atoms with Gasteiger partial charge in [0.05, 0.1) is 39.6 Å². The molecule has 1 atom stereocenters. The van der Waals surface area contributed by atoms with Gasteiger partial charge in [-0.2, -0.15) is 5.26 Å². The van der Waals surface area contributed by atoms with Gasteiger partial charge < -0.3 is 9.88 Å². The zero-order valence-corrected chi connectivity index (χ0v) is 27.4. The van der Waals surface area contributed by atoms with Crippen molar-refractivity contribution in [3.8, 4) is 6.07 Å². The van der Waals surface area contributed by atoms with Crippen LogP contribution in [0, 0.1) is 11.3 Å². The number of hydrogen-bond donors (Lipinski definition) is 2. The summed E-state index contributed by atoms with van der Waals surface area (Å²) in [5.41, 5.74) is 8.25. The summed E-state index contributed by atoms with van der Waals surface area (Å²) in [6, 6.07) is 22.9. The molecule has 4 aromatic rings. The molecule has 1 unspecified atom stereocenters. The van der Waals surface area contributed by atoms with Crippen molar-refractivity contribution in [3.05, 3.63) is 117 Å². The molecule has 0 bridgehead atoms. The highest BCUT2D eigenvalue weighted by Gasteiger charge is 2.32. The Morgan fingerprint density at radius 2 is 1.82 bits per heavy atom. The fourth-order valence-corrected chi connectivity index (χ4v) is 5.45. The van der Waals surface area contributed by atoms with Crippen LogP contribution in [0.1, 0.15) is 73.4 Å². The van der Waals surface area contributed by atoms with Gasteiger partial charge in [0.2, 0.25) is 0 Å². The van der Waals surface area contributed by atoms with Gasteiger partial charge in [0.15, 0.2) is 5.11 Å². The minimum atomic E-state index is -0.705. The lowest BCUT2D eigenvalue weighted by molar-refractivity contribution is -0.131. The first-order chi connectivity index (χ1) is 21.2. The number of thiocarbonyl (C=S) groups is 1. The minimum Gasteiger partial charge on any atom is -0.331 e. The number of nitrogens with zero attached hydrogens (tertiary/aromatic N) is 4. The summed E-state index contributed by atoms with van der Waals surface area (Å²) >= 11 is 18.8. The van der Waals surface area contributed by atoms with Crippen molar-refractivity contribution in [1.29, 1.82) is 5.26 Å². The SMILES string of the molecule is CCCCNN(C(=O)C(Cc1cccc(Cl)c1Cl)c1cncn1Cc1ccc(C#N)cc1)C(=S)Nc1ccc(C(C)C)cc1. The molecule has 7 nitrogen and oxygen atoms in total. The molecule has 0 saturated carbocycles. The van der Waals surface area contributed by atoms with Crippen LogP contribution >= 0.6 is 35.4 Å². The first kappa shape index (κ1) is 33.2. The number of hydrogen-bond acceptors (Lipinski definition) is 5. The second-order valence-electron chi connectivity index (χ2n) is 10.9. The predicted molar refractivity (Wildman–Crippen MR) is 182 cm³/mol. The zero-order valence-electron chi connectivity index (χ0n) is 25.1. The third-order valence-corrected chi connectivity index (χ3v) is 8.49. The largest absolute Gasteiger partial charge is 0.331 e. The topological polar surface area (TPSA) is 86.0 Å². The van der Waals surface area contributed by atoms with Crippen molar-refractivity contribution < 1.29 is 4.79 Å². The van der Waals surface area contributed by atoms with Gasteiger partial charge in [-0.05, 0) is 78.0 Å². The van der Waals surface area contributed by atoms with E-state index in [-0.39, 0.29) is 17.4 Å². The minimum absolute atomic E-state index is 0.240. The lowest BCUT2D eigenvalue weighted by atomic mass is 9.95. The first-order valence-corrected chi connectivity index (χ1v) is 15.8. The van der Waals surface area contributed by atoms with Gasteiger partial charge in [-0.25, -0.2) is 15.4 Å². The van der Waals surface area contributed by atoms with Gasteiger partial charge in [-0.15, -0.1) is 0 Å². The molecule has 1 amide bonds. The Balaban J connectivity index is 1.70. The van der Waals surface area contributed by atoms with Crippen LogP contribution in [0.2, 0.25) is 10.0 Å². The highest BCUT2D eigenvalue weighted by molar-refractivity contribution is 7.80. The standard InChI is InChI=1S/C34H36Cl2N6OS/c1-4-5-17-39-42(34(44)40-28-15-13-26(14-16-28)23(2)3)33(43)29(18-27-7-6-8-30(35)32(27)36)31-20-38-22-41(31)21-25-11-9-24(19-37)10-12-25/h6-16,20,22-23,29,39H,4-5,17-18,21H2,1-3H3,(H,40,44). The van der Waals surface area contributed by atoms with Gasteiger partial charge in [0.1, 0.15) is 0 Å². The van der Waals surface area contributed by atoms with Crippen LogP contribution in [0.4, 0.5) is 5.69 Å². The number of unbranched alkanes of at least 4 members (excludes halogenated alkanes) is 1. The van der Waals surface area contributed by atoms with Crippen LogP contribution in [0.3, 0.4) is 0 Å². The third kappa shape index (κ3) is 8.46. The molecule has 0 fully saturated rings. The van der Waals surface area contributed by atoms with E-state index < -0.39 is 5.92 Å². The Labute approximate surface area is 274 Å². The average Bonchev–Trinajstić information content (AvgIpc) is 3.48. The Morgan fingerprint density at radius 1 is 1.09 bits per heavy atom. The van der Waals surface area contributed by atoms with Crippen molar-refractivity contribution in [3.63, 3.8) is 0 Å². The number of carbonyl (C=O) groups is 1. The number of nitriles is 1. The monoisotopic (exact) mass is 646 g/mol.